The maximum absolute atomic E-state index is 12.3. The van der Waals surface area contributed by atoms with E-state index >= 15 is 0 Å². The van der Waals surface area contributed by atoms with Gasteiger partial charge in [0, 0.05) is 23.4 Å². The van der Waals surface area contributed by atoms with Crippen molar-refractivity contribution in [1.82, 2.24) is 5.32 Å². The molecule has 2 rings (SSSR count). The monoisotopic (exact) mass is 314 g/mol. The first kappa shape index (κ1) is 16.8. The Morgan fingerprint density at radius 1 is 1.22 bits per heavy atom. The molecule has 4 N–H and O–H groups in total. The molecule has 0 radical (unpaired) electrons. The van der Waals surface area contributed by atoms with Crippen molar-refractivity contribution in [1.29, 1.82) is 0 Å². The van der Waals surface area contributed by atoms with Gasteiger partial charge < -0.3 is 20.9 Å². The topological polar surface area (TPSA) is 84.6 Å². The average molecular weight is 314 g/mol. The van der Waals surface area contributed by atoms with Gasteiger partial charge in [0.05, 0.1) is 12.7 Å². The van der Waals surface area contributed by atoms with Gasteiger partial charge in [0.2, 0.25) is 0 Å². The highest BCUT2D eigenvalue weighted by atomic mass is 16.5. The molecule has 0 aliphatic rings. The smallest absolute Gasteiger partial charge is 0.251 e. The van der Waals surface area contributed by atoms with Crippen LogP contribution in [0.3, 0.4) is 0 Å². The predicted octanol–water partition coefficient (Wildman–Crippen LogP) is 2.43. The summed E-state index contributed by atoms with van der Waals surface area (Å²) in [6.45, 7) is 3.68. The predicted molar refractivity (Wildman–Crippen MR) is 90.3 cm³/mol. The largest absolute Gasteiger partial charge is 0.497 e. The summed E-state index contributed by atoms with van der Waals surface area (Å²) in [5.74, 6) is 0.555. The fourth-order valence-electron chi connectivity index (χ4n) is 2.26. The molecule has 1 amide bonds. The Balaban J connectivity index is 2.08. The molecule has 0 atom stereocenters. The highest BCUT2D eigenvalue weighted by Crippen LogP contribution is 2.26. The summed E-state index contributed by atoms with van der Waals surface area (Å²) in [6, 6.07) is 12.4. The fourth-order valence-corrected chi connectivity index (χ4v) is 2.26. The van der Waals surface area contributed by atoms with Crippen molar-refractivity contribution in [2.24, 2.45) is 0 Å². The van der Waals surface area contributed by atoms with Crippen LogP contribution in [0.2, 0.25) is 0 Å². The van der Waals surface area contributed by atoms with E-state index in [4.69, 9.17) is 10.5 Å². The van der Waals surface area contributed by atoms with Crippen LogP contribution in [0.5, 0.6) is 5.75 Å². The van der Waals surface area contributed by atoms with Gasteiger partial charge in [-0.25, -0.2) is 0 Å². The SMILES string of the molecule is COc1ccc(CNC(=O)c2ccc(N)c(C(C)(C)O)c2)cc1. The molecule has 5 heteroatoms. The van der Waals surface area contributed by atoms with Crippen LogP contribution in [0.25, 0.3) is 0 Å². The van der Waals surface area contributed by atoms with E-state index in [0.717, 1.165) is 11.3 Å². The summed E-state index contributed by atoms with van der Waals surface area (Å²) in [5, 5.41) is 13.0. The molecule has 0 saturated carbocycles. The van der Waals surface area contributed by atoms with Gasteiger partial charge in [0.25, 0.3) is 5.91 Å². The maximum atomic E-state index is 12.3. The quantitative estimate of drug-likeness (QED) is 0.740. The molecule has 0 aromatic heterocycles. The van der Waals surface area contributed by atoms with E-state index in [0.29, 0.717) is 23.4 Å². The number of anilines is 1. The van der Waals surface area contributed by atoms with Crippen molar-refractivity contribution >= 4 is 11.6 Å². The Hall–Kier alpha value is -2.53. The zero-order chi connectivity index (χ0) is 17.0. The van der Waals surface area contributed by atoms with Crippen LogP contribution in [0.4, 0.5) is 5.69 Å². The van der Waals surface area contributed by atoms with Gasteiger partial charge in [-0.3, -0.25) is 4.79 Å². The number of amides is 1. The first-order chi connectivity index (χ1) is 10.8. The fraction of sp³-hybridized carbons (Fsp3) is 0.278. The summed E-state index contributed by atoms with van der Waals surface area (Å²) in [7, 11) is 1.61. The van der Waals surface area contributed by atoms with Gasteiger partial charge in [-0.2, -0.15) is 0 Å². The van der Waals surface area contributed by atoms with Crippen molar-refractivity contribution in [2.45, 2.75) is 26.0 Å². The molecule has 0 aliphatic heterocycles. The second kappa shape index (κ2) is 6.71. The minimum Gasteiger partial charge on any atom is -0.497 e. The number of nitrogen functional groups attached to an aromatic ring is 1. The van der Waals surface area contributed by atoms with E-state index in [-0.39, 0.29) is 5.91 Å². The molecule has 23 heavy (non-hydrogen) atoms. The Morgan fingerprint density at radius 2 is 1.87 bits per heavy atom. The molecule has 0 fully saturated rings. The molecule has 0 heterocycles. The third kappa shape index (κ3) is 4.23. The van der Waals surface area contributed by atoms with Gasteiger partial charge in [-0.05, 0) is 49.7 Å². The van der Waals surface area contributed by atoms with E-state index in [1.165, 1.54) is 0 Å². The lowest BCUT2D eigenvalue weighted by Crippen LogP contribution is -2.24. The van der Waals surface area contributed by atoms with E-state index in [1.54, 1.807) is 39.2 Å². The molecule has 0 saturated heterocycles. The zero-order valence-corrected chi connectivity index (χ0v) is 13.6. The van der Waals surface area contributed by atoms with Crippen molar-refractivity contribution in [2.75, 3.05) is 12.8 Å². The molecular weight excluding hydrogens is 292 g/mol. The number of aliphatic hydroxyl groups is 1. The van der Waals surface area contributed by atoms with Gasteiger partial charge in [-0.15, -0.1) is 0 Å². The van der Waals surface area contributed by atoms with Gasteiger partial charge >= 0.3 is 0 Å². The zero-order valence-electron chi connectivity index (χ0n) is 13.6. The van der Waals surface area contributed by atoms with E-state index in [2.05, 4.69) is 5.32 Å². The van der Waals surface area contributed by atoms with Crippen molar-refractivity contribution in [3.05, 3.63) is 59.2 Å². The van der Waals surface area contributed by atoms with E-state index in [9.17, 15) is 9.90 Å². The number of nitrogens with one attached hydrogen (secondary N) is 1. The number of rotatable bonds is 5. The molecule has 2 aromatic rings. The van der Waals surface area contributed by atoms with Crippen LogP contribution in [0, 0.1) is 0 Å². The summed E-state index contributed by atoms with van der Waals surface area (Å²) in [5.41, 5.74) is 7.20. The highest BCUT2D eigenvalue weighted by Gasteiger charge is 2.20. The lowest BCUT2D eigenvalue weighted by Gasteiger charge is -2.20. The lowest BCUT2D eigenvalue weighted by molar-refractivity contribution is 0.0792. The van der Waals surface area contributed by atoms with Crippen LogP contribution >= 0.6 is 0 Å². The molecule has 0 aliphatic carbocycles. The van der Waals surface area contributed by atoms with Gasteiger partial charge in [0.1, 0.15) is 5.75 Å². The van der Waals surface area contributed by atoms with Crippen LogP contribution in [0.1, 0.15) is 35.3 Å². The normalized spacial score (nSPS) is 11.1. The third-order valence-electron chi connectivity index (χ3n) is 3.59. The van der Waals surface area contributed by atoms with E-state index < -0.39 is 5.60 Å². The molecule has 0 spiro atoms. The standard InChI is InChI=1S/C18H22N2O3/c1-18(2,22)15-10-13(6-9-16(15)19)17(21)20-11-12-4-7-14(23-3)8-5-12/h4-10,22H,11,19H2,1-3H3,(H,20,21). The number of ether oxygens (including phenoxy) is 1. The highest BCUT2D eigenvalue weighted by molar-refractivity contribution is 5.94. The van der Waals surface area contributed by atoms with Crippen LogP contribution in [-0.2, 0) is 12.1 Å². The Kier molecular flexibility index (Phi) is 4.91. The number of methoxy groups -OCH3 is 1. The number of hydrogen-bond acceptors (Lipinski definition) is 4. The van der Waals surface area contributed by atoms with Crippen molar-refractivity contribution in [3.8, 4) is 5.75 Å². The third-order valence-corrected chi connectivity index (χ3v) is 3.59. The van der Waals surface area contributed by atoms with Crippen molar-refractivity contribution < 1.29 is 14.6 Å². The number of hydrogen-bond donors (Lipinski definition) is 3. The average Bonchev–Trinajstić information content (AvgIpc) is 2.52. The maximum Gasteiger partial charge on any atom is 0.251 e. The summed E-state index contributed by atoms with van der Waals surface area (Å²) in [4.78, 5) is 12.3. The molecular formula is C18H22N2O3. The number of benzene rings is 2. The molecule has 0 unspecified atom stereocenters. The minimum absolute atomic E-state index is 0.216. The van der Waals surface area contributed by atoms with Crippen LogP contribution < -0.4 is 15.8 Å². The van der Waals surface area contributed by atoms with Crippen LogP contribution in [-0.4, -0.2) is 18.1 Å². The molecule has 122 valence electrons. The number of carbonyl (C=O) groups is 1. The number of nitrogens with two attached hydrogens (primary N) is 1. The minimum atomic E-state index is -1.10. The first-order valence-electron chi connectivity index (χ1n) is 7.35. The Morgan fingerprint density at radius 3 is 2.43 bits per heavy atom. The first-order valence-corrected chi connectivity index (χ1v) is 7.35. The number of carbonyl (C=O) groups excluding carboxylic acids is 1. The summed E-state index contributed by atoms with van der Waals surface area (Å²) < 4.78 is 5.10. The van der Waals surface area contributed by atoms with Gasteiger partial charge in [0.15, 0.2) is 0 Å². The summed E-state index contributed by atoms with van der Waals surface area (Å²) in [6.07, 6.45) is 0. The second-order valence-corrected chi connectivity index (χ2v) is 5.89. The Bertz CT molecular complexity index is 688. The van der Waals surface area contributed by atoms with Crippen molar-refractivity contribution in [3.63, 3.8) is 0 Å². The molecule has 5 nitrogen and oxygen atoms in total. The molecule has 0 bridgehead atoms. The lowest BCUT2D eigenvalue weighted by atomic mass is 9.94. The summed E-state index contributed by atoms with van der Waals surface area (Å²) >= 11 is 0. The Labute approximate surface area is 136 Å². The molecule has 2 aromatic carbocycles. The van der Waals surface area contributed by atoms with Gasteiger partial charge in [-0.1, -0.05) is 12.1 Å². The second-order valence-electron chi connectivity index (χ2n) is 5.89. The van der Waals surface area contributed by atoms with E-state index in [1.807, 2.05) is 24.3 Å². The van der Waals surface area contributed by atoms with Crippen LogP contribution in [0.15, 0.2) is 42.5 Å².